The molecule has 0 atom stereocenters. The third-order valence-corrected chi connectivity index (χ3v) is 10.6. The largest absolute Gasteiger partial charge is 0.455 e. The Balaban J connectivity index is 1.26. The van der Waals surface area contributed by atoms with E-state index in [0.717, 1.165) is 27.3 Å². The Labute approximate surface area is 282 Å². The molecule has 0 amide bonds. The Morgan fingerprint density at radius 3 is 1.53 bits per heavy atom. The summed E-state index contributed by atoms with van der Waals surface area (Å²) in [5.74, 6) is 0. The zero-order valence-corrected chi connectivity index (χ0v) is 26.6. The van der Waals surface area contributed by atoms with Crippen LogP contribution in [0.4, 0.5) is 0 Å². The minimum Gasteiger partial charge on any atom is -0.455 e. The van der Waals surface area contributed by atoms with Crippen LogP contribution in [0.2, 0.25) is 0 Å². The summed E-state index contributed by atoms with van der Waals surface area (Å²) < 4.78 is 6.52. The zero-order valence-electron chi connectivity index (χ0n) is 26.6. The van der Waals surface area contributed by atoms with Crippen molar-refractivity contribution < 1.29 is 4.42 Å². The van der Waals surface area contributed by atoms with Gasteiger partial charge in [0.15, 0.2) is 0 Å². The van der Waals surface area contributed by atoms with Crippen LogP contribution < -0.4 is 0 Å². The van der Waals surface area contributed by atoms with Crippen molar-refractivity contribution in [3.05, 3.63) is 170 Å². The van der Waals surface area contributed by atoms with Crippen LogP contribution in [0.25, 0.3) is 109 Å². The molecular formula is C48H28O. The van der Waals surface area contributed by atoms with E-state index < -0.39 is 0 Å². The molecule has 0 aliphatic heterocycles. The molecule has 1 heteroatoms. The number of furan rings is 1. The first kappa shape index (κ1) is 26.6. The van der Waals surface area contributed by atoms with Crippen LogP contribution in [0.1, 0.15) is 0 Å². The molecule has 1 nitrogen and oxygen atoms in total. The van der Waals surface area contributed by atoms with Crippen LogP contribution in [-0.2, 0) is 0 Å². The van der Waals surface area contributed by atoms with Gasteiger partial charge in [0.25, 0.3) is 0 Å². The van der Waals surface area contributed by atoms with Gasteiger partial charge < -0.3 is 4.42 Å². The van der Waals surface area contributed by atoms with Gasteiger partial charge in [-0.25, -0.2) is 0 Å². The monoisotopic (exact) mass is 620 g/mol. The molecule has 0 fully saturated rings. The highest BCUT2D eigenvalue weighted by atomic mass is 16.3. The Kier molecular flexibility index (Phi) is 5.45. The zero-order chi connectivity index (χ0) is 32.1. The standard InChI is InChI=1S/C48H28O/c1-2-13-31-26-42-41(25-30(31)12-1)34-15-5-4-14-32(34)27-44(42)47-38-19-9-7-17-36(38)46(37-18-8-10-20-39(37)47)33-22-24-45-43(28-33)40-23-21-29-11-3-6-16-35(29)48(40)49-45/h1-28H. The average Bonchev–Trinajstić information content (AvgIpc) is 3.54. The molecule has 0 saturated heterocycles. The van der Waals surface area contributed by atoms with E-state index in [4.69, 9.17) is 4.42 Å². The summed E-state index contributed by atoms with van der Waals surface area (Å²) in [4.78, 5) is 0. The molecule has 0 saturated carbocycles. The van der Waals surface area contributed by atoms with Crippen molar-refractivity contribution in [3.8, 4) is 22.3 Å². The van der Waals surface area contributed by atoms with Crippen molar-refractivity contribution in [2.45, 2.75) is 0 Å². The second-order valence-electron chi connectivity index (χ2n) is 13.2. The molecule has 0 aliphatic carbocycles. The lowest BCUT2D eigenvalue weighted by atomic mass is 9.83. The smallest absolute Gasteiger partial charge is 0.143 e. The number of hydrogen-bond acceptors (Lipinski definition) is 1. The predicted octanol–water partition coefficient (Wildman–Crippen LogP) is 13.8. The minimum absolute atomic E-state index is 0.912. The van der Waals surface area contributed by atoms with E-state index in [0.29, 0.717) is 0 Å². The first-order valence-electron chi connectivity index (χ1n) is 16.9. The van der Waals surface area contributed by atoms with E-state index in [1.165, 1.54) is 81.5 Å². The maximum atomic E-state index is 6.52. The molecule has 10 aromatic carbocycles. The first-order valence-corrected chi connectivity index (χ1v) is 16.9. The topological polar surface area (TPSA) is 13.1 Å². The summed E-state index contributed by atoms with van der Waals surface area (Å²) in [7, 11) is 0. The molecule has 0 spiro atoms. The molecule has 0 N–H and O–H groups in total. The van der Waals surface area contributed by atoms with Gasteiger partial charge >= 0.3 is 0 Å². The summed E-state index contributed by atoms with van der Waals surface area (Å²) in [6, 6.07) is 62.2. The lowest BCUT2D eigenvalue weighted by molar-refractivity contribution is 0.672. The maximum Gasteiger partial charge on any atom is 0.143 e. The Bertz CT molecular complexity index is 3100. The Morgan fingerprint density at radius 1 is 0.286 bits per heavy atom. The summed E-state index contributed by atoms with van der Waals surface area (Å²) in [6.07, 6.45) is 0. The number of benzene rings is 10. The van der Waals surface area contributed by atoms with E-state index in [1.807, 2.05) is 0 Å². The van der Waals surface area contributed by atoms with E-state index in [9.17, 15) is 0 Å². The average molecular weight is 621 g/mol. The fraction of sp³-hybridized carbons (Fsp3) is 0. The Hall–Kier alpha value is -6.44. The molecule has 11 aromatic rings. The summed E-state index contributed by atoms with van der Waals surface area (Å²) in [6.45, 7) is 0. The number of hydrogen-bond donors (Lipinski definition) is 0. The second-order valence-corrected chi connectivity index (χ2v) is 13.2. The molecule has 0 unspecified atom stereocenters. The number of fused-ring (bicyclic) bond motifs is 11. The van der Waals surface area contributed by atoms with Crippen LogP contribution in [0, 0.1) is 0 Å². The van der Waals surface area contributed by atoms with Crippen LogP contribution in [-0.4, -0.2) is 0 Å². The van der Waals surface area contributed by atoms with Crippen molar-refractivity contribution in [3.63, 3.8) is 0 Å². The SMILES string of the molecule is c1ccc2cc3c(cc2c1)c(-c1c2ccccc2c(-c2ccc4oc5c6ccccc6ccc5c4c2)c2ccccc12)cc1ccccc13. The molecule has 0 bridgehead atoms. The molecule has 0 radical (unpaired) electrons. The van der Waals surface area contributed by atoms with Crippen molar-refractivity contribution in [2.24, 2.45) is 0 Å². The fourth-order valence-corrected chi connectivity index (χ4v) is 8.38. The van der Waals surface area contributed by atoms with Gasteiger partial charge in [0.2, 0.25) is 0 Å². The van der Waals surface area contributed by atoms with Crippen LogP contribution >= 0.6 is 0 Å². The van der Waals surface area contributed by atoms with Gasteiger partial charge in [-0.05, 0) is 118 Å². The molecule has 0 aliphatic rings. The van der Waals surface area contributed by atoms with E-state index in [2.05, 4.69) is 170 Å². The van der Waals surface area contributed by atoms with Gasteiger partial charge in [0, 0.05) is 16.2 Å². The minimum atomic E-state index is 0.912. The number of rotatable bonds is 2. The van der Waals surface area contributed by atoms with Crippen molar-refractivity contribution >= 4 is 86.6 Å². The van der Waals surface area contributed by atoms with Crippen molar-refractivity contribution in [1.82, 2.24) is 0 Å². The highest BCUT2D eigenvalue weighted by Crippen LogP contribution is 2.48. The normalized spacial score (nSPS) is 12.1. The summed E-state index contributed by atoms with van der Waals surface area (Å²) in [5, 5.41) is 17.2. The Morgan fingerprint density at radius 2 is 0.837 bits per heavy atom. The highest BCUT2D eigenvalue weighted by Gasteiger charge is 2.20. The van der Waals surface area contributed by atoms with Crippen molar-refractivity contribution in [1.29, 1.82) is 0 Å². The third kappa shape index (κ3) is 3.82. The molecule has 226 valence electrons. The molecule has 1 heterocycles. The fourth-order valence-electron chi connectivity index (χ4n) is 8.38. The molecular weight excluding hydrogens is 593 g/mol. The van der Waals surface area contributed by atoms with Gasteiger partial charge in [-0.2, -0.15) is 0 Å². The predicted molar refractivity (Wildman–Crippen MR) is 210 cm³/mol. The lowest BCUT2D eigenvalue weighted by Crippen LogP contribution is -1.92. The van der Waals surface area contributed by atoms with Gasteiger partial charge in [-0.3, -0.25) is 0 Å². The maximum absolute atomic E-state index is 6.52. The first-order chi connectivity index (χ1) is 24.3. The van der Waals surface area contributed by atoms with Crippen LogP contribution in [0.3, 0.4) is 0 Å². The summed E-state index contributed by atoms with van der Waals surface area (Å²) in [5.41, 5.74) is 6.85. The van der Waals surface area contributed by atoms with Crippen molar-refractivity contribution in [2.75, 3.05) is 0 Å². The van der Waals surface area contributed by atoms with Crippen LogP contribution in [0.15, 0.2) is 174 Å². The molecule has 1 aromatic heterocycles. The van der Waals surface area contributed by atoms with E-state index in [-0.39, 0.29) is 0 Å². The van der Waals surface area contributed by atoms with Gasteiger partial charge in [0.1, 0.15) is 11.2 Å². The third-order valence-electron chi connectivity index (χ3n) is 10.6. The van der Waals surface area contributed by atoms with E-state index in [1.54, 1.807) is 0 Å². The lowest BCUT2D eigenvalue weighted by Gasteiger charge is -2.20. The van der Waals surface area contributed by atoms with E-state index >= 15 is 0 Å². The highest BCUT2D eigenvalue weighted by molar-refractivity contribution is 6.27. The van der Waals surface area contributed by atoms with Crippen LogP contribution in [0.5, 0.6) is 0 Å². The quantitative estimate of drug-likeness (QED) is 0.138. The second kappa shape index (κ2) is 10.0. The summed E-state index contributed by atoms with van der Waals surface area (Å²) >= 11 is 0. The molecule has 49 heavy (non-hydrogen) atoms. The van der Waals surface area contributed by atoms with Gasteiger partial charge in [0.05, 0.1) is 0 Å². The van der Waals surface area contributed by atoms with Gasteiger partial charge in [-0.15, -0.1) is 0 Å². The van der Waals surface area contributed by atoms with Gasteiger partial charge in [-0.1, -0.05) is 133 Å². The molecule has 11 rings (SSSR count).